The summed E-state index contributed by atoms with van der Waals surface area (Å²) in [5.41, 5.74) is 1.20. The van der Waals surface area contributed by atoms with Gasteiger partial charge in [0, 0.05) is 24.2 Å². The zero-order chi connectivity index (χ0) is 18.9. The molecule has 0 bridgehead atoms. The molecule has 1 aromatic carbocycles. The number of nitrogens with zero attached hydrogens (tertiary/aromatic N) is 3. The van der Waals surface area contributed by atoms with E-state index in [1.54, 1.807) is 18.4 Å². The van der Waals surface area contributed by atoms with Crippen molar-refractivity contribution in [2.24, 2.45) is 4.99 Å². The number of methoxy groups -OCH3 is 1. The van der Waals surface area contributed by atoms with Crippen molar-refractivity contribution < 1.29 is 4.74 Å². The monoisotopic (exact) mass is 503 g/mol. The van der Waals surface area contributed by atoms with Crippen LogP contribution in [-0.4, -0.2) is 50.1 Å². The van der Waals surface area contributed by atoms with Crippen LogP contribution in [0, 0.1) is 6.92 Å². The van der Waals surface area contributed by atoms with Crippen LogP contribution in [0.25, 0.3) is 0 Å². The van der Waals surface area contributed by atoms with Crippen LogP contribution in [0.15, 0.2) is 35.5 Å². The minimum Gasteiger partial charge on any atom is -0.497 e. The molecule has 0 fully saturated rings. The van der Waals surface area contributed by atoms with Gasteiger partial charge in [0.2, 0.25) is 0 Å². The minimum absolute atomic E-state index is 0. The molecule has 1 aromatic heterocycles. The van der Waals surface area contributed by atoms with Gasteiger partial charge in [0.05, 0.1) is 19.7 Å². The van der Waals surface area contributed by atoms with Crippen LogP contribution in [0.4, 0.5) is 0 Å². The van der Waals surface area contributed by atoms with Gasteiger partial charge in [-0.2, -0.15) is 0 Å². The number of rotatable bonds is 8. The van der Waals surface area contributed by atoms with Gasteiger partial charge in [0.25, 0.3) is 0 Å². The number of aromatic nitrogens is 1. The number of likely N-dealkylation sites (N-methyl/N-ethyl adjacent to an activating group) is 1. The Morgan fingerprint density at radius 2 is 2.11 bits per heavy atom. The van der Waals surface area contributed by atoms with E-state index in [4.69, 9.17) is 4.74 Å². The Bertz CT molecular complexity index is 720. The largest absolute Gasteiger partial charge is 0.497 e. The highest BCUT2D eigenvalue weighted by Crippen LogP contribution is 2.22. The number of aliphatic imine (C=N–C) groups is 1. The second-order valence-electron chi connectivity index (χ2n) is 6.20. The first-order valence-electron chi connectivity index (χ1n) is 8.77. The quantitative estimate of drug-likeness (QED) is 0.329. The fourth-order valence-corrected chi connectivity index (χ4v) is 3.32. The van der Waals surface area contributed by atoms with Crippen molar-refractivity contribution in [2.75, 3.05) is 34.3 Å². The highest BCUT2D eigenvalue weighted by atomic mass is 127. The van der Waals surface area contributed by atoms with Gasteiger partial charge in [-0.05, 0) is 45.6 Å². The van der Waals surface area contributed by atoms with Crippen LogP contribution in [0.3, 0.4) is 0 Å². The maximum atomic E-state index is 5.36. The fourth-order valence-electron chi connectivity index (χ4n) is 2.60. The van der Waals surface area contributed by atoms with E-state index in [0.29, 0.717) is 6.54 Å². The van der Waals surface area contributed by atoms with Gasteiger partial charge in [-0.15, -0.1) is 35.3 Å². The molecule has 0 spiro atoms. The zero-order valence-electron chi connectivity index (χ0n) is 16.7. The first kappa shape index (κ1) is 23.6. The molecule has 0 aliphatic heterocycles. The predicted octanol–water partition coefficient (Wildman–Crippen LogP) is 3.44. The van der Waals surface area contributed by atoms with Crippen LogP contribution in [-0.2, 0) is 6.54 Å². The van der Waals surface area contributed by atoms with Crippen LogP contribution in [0.1, 0.15) is 28.4 Å². The molecule has 0 amide bonds. The Labute approximate surface area is 183 Å². The molecule has 0 saturated heterocycles. The summed E-state index contributed by atoms with van der Waals surface area (Å²) in [5, 5.41) is 7.77. The molecule has 1 heterocycles. The summed E-state index contributed by atoms with van der Waals surface area (Å²) < 4.78 is 5.36. The highest BCUT2D eigenvalue weighted by molar-refractivity contribution is 14.0. The Kier molecular flexibility index (Phi) is 10.6. The van der Waals surface area contributed by atoms with E-state index >= 15 is 0 Å². The van der Waals surface area contributed by atoms with Gasteiger partial charge in [-0.25, -0.2) is 9.98 Å². The van der Waals surface area contributed by atoms with E-state index in [9.17, 15) is 0 Å². The van der Waals surface area contributed by atoms with Crippen LogP contribution >= 0.6 is 35.3 Å². The minimum atomic E-state index is 0. The molecule has 6 nitrogen and oxygen atoms in total. The molecule has 0 aliphatic carbocycles. The number of benzene rings is 1. The molecule has 150 valence electrons. The van der Waals surface area contributed by atoms with Gasteiger partial charge in [0.1, 0.15) is 10.8 Å². The van der Waals surface area contributed by atoms with Crippen molar-refractivity contribution in [1.82, 2.24) is 20.5 Å². The molecule has 2 N–H and O–H groups in total. The molecule has 0 aliphatic rings. The number of thiazole rings is 1. The normalized spacial score (nSPS) is 12.4. The van der Waals surface area contributed by atoms with Gasteiger partial charge < -0.3 is 20.3 Å². The first-order chi connectivity index (χ1) is 12.5. The zero-order valence-corrected chi connectivity index (χ0v) is 19.8. The summed E-state index contributed by atoms with van der Waals surface area (Å²) >= 11 is 1.68. The summed E-state index contributed by atoms with van der Waals surface area (Å²) in [7, 11) is 5.85. The lowest BCUT2D eigenvalue weighted by atomic mass is 10.1. The molecular weight excluding hydrogens is 473 g/mol. The molecule has 8 heteroatoms. The fraction of sp³-hybridized carbons (Fsp3) is 0.474. The van der Waals surface area contributed by atoms with Crippen LogP contribution in [0.5, 0.6) is 5.75 Å². The molecule has 0 radical (unpaired) electrons. The Hall–Kier alpha value is -1.39. The van der Waals surface area contributed by atoms with Crippen molar-refractivity contribution in [3.63, 3.8) is 0 Å². The van der Waals surface area contributed by atoms with Crippen molar-refractivity contribution in [2.45, 2.75) is 26.4 Å². The number of guanidine groups is 1. The Morgan fingerprint density at radius 1 is 1.33 bits per heavy atom. The van der Waals surface area contributed by atoms with Crippen molar-refractivity contribution in [3.8, 4) is 5.75 Å². The smallest absolute Gasteiger partial charge is 0.191 e. The van der Waals surface area contributed by atoms with E-state index in [-0.39, 0.29) is 30.0 Å². The standard InChI is InChI=1S/C19H29N5OS.HI/c1-6-20-19(23-13-18-21-11-14(2)26-18)22-12-17(24(3)4)15-8-7-9-16(10-15)25-5;/h7-11,17H,6,12-13H2,1-5H3,(H2,20,22,23);1H. The number of ether oxygens (including phenoxy) is 1. The second-order valence-corrected chi connectivity index (χ2v) is 7.52. The average Bonchev–Trinajstić information content (AvgIpc) is 3.05. The molecule has 27 heavy (non-hydrogen) atoms. The number of aryl methyl sites for hydroxylation is 1. The number of hydrogen-bond donors (Lipinski definition) is 2. The second kappa shape index (κ2) is 12.1. The third-order valence-electron chi connectivity index (χ3n) is 3.95. The van der Waals surface area contributed by atoms with Crippen LogP contribution < -0.4 is 15.4 Å². The average molecular weight is 503 g/mol. The molecule has 1 atom stereocenters. The summed E-state index contributed by atoms with van der Waals surface area (Å²) in [6.07, 6.45) is 1.89. The Balaban J connectivity index is 0.00000364. The lowest BCUT2D eigenvalue weighted by molar-refractivity contribution is 0.297. The lowest BCUT2D eigenvalue weighted by Crippen LogP contribution is -2.41. The third kappa shape index (κ3) is 7.63. The molecule has 0 saturated carbocycles. The topological polar surface area (TPSA) is 61.8 Å². The van der Waals surface area contributed by atoms with Gasteiger partial charge in [-0.3, -0.25) is 0 Å². The Morgan fingerprint density at radius 3 is 2.70 bits per heavy atom. The van der Waals surface area contributed by atoms with E-state index in [1.165, 1.54) is 10.4 Å². The number of halogens is 1. The third-order valence-corrected chi connectivity index (χ3v) is 4.85. The van der Waals surface area contributed by atoms with Crippen molar-refractivity contribution in [1.29, 1.82) is 0 Å². The van der Waals surface area contributed by atoms with Crippen molar-refractivity contribution in [3.05, 3.63) is 45.9 Å². The maximum absolute atomic E-state index is 5.36. The van der Waals surface area contributed by atoms with Gasteiger partial charge in [-0.1, -0.05) is 12.1 Å². The van der Waals surface area contributed by atoms with Crippen LogP contribution in [0.2, 0.25) is 0 Å². The van der Waals surface area contributed by atoms with Gasteiger partial charge >= 0.3 is 0 Å². The summed E-state index contributed by atoms with van der Waals surface area (Å²) in [6, 6.07) is 8.39. The maximum Gasteiger partial charge on any atom is 0.191 e. The van der Waals surface area contributed by atoms with E-state index < -0.39 is 0 Å². The highest BCUT2D eigenvalue weighted by Gasteiger charge is 2.15. The molecule has 2 rings (SSSR count). The van der Waals surface area contributed by atoms with E-state index in [0.717, 1.165) is 29.8 Å². The predicted molar refractivity (Wildman–Crippen MR) is 125 cm³/mol. The van der Waals surface area contributed by atoms with Crippen molar-refractivity contribution >= 4 is 41.3 Å². The SMILES string of the molecule is CCNC(=NCc1ncc(C)s1)NCC(c1cccc(OC)c1)N(C)C.I. The van der Waals surface area contributed by atoms with E-state index in [2.05, 4.69) is 65.6 Å². The van der Waals surface area contributed by atoms with E-state index in [1.807, 2.05) is 18.3 Å². The molecular formula is C19H30IN5OS. The summed E-state index contributed by atoms with van der Waals surface area (Å²) in [6.45, 7) is 6.26. The summed E-state index contributed by atoms with van der Waals surface area (Å²) in [5.74, 6) is 1.67. The number of nitrogens with one attached hydrogen (secondary N) is 2. The first-order valence-corrected chi connectivity index (χ1v) is 9.59. The number of hydrogen-bond acceptors (Lipinski definition) is 5. The lowest BCUT2D eigenvalue weighted by Gasteiger charge is -2.26. The van der Waals surface area contributed by atoms with Gasteiger partial charge in [0.15, 0.2) is 5.96 Å². The molecule has 1 unspecified atom stereocenters. The molecule has 2 aromatic rings. The summed E-state index contributed by atoms with van der Waals surface area (Å²) in [4.78, 5) is 12.4.